The zero-order chi connectivity index (χ0) is 13.0. The van der Waals surface area contributed by atoms with Crippen LogP contribution < -0.4 is 4.90 Å². The van der Waals surface area contributed by atoms with Crippen molar-refractivity contribution in [1.29, 1.82) is 0 Å². The van der Waals surface area contributed by atoms with Crippen molar-refractivity contribution in [3.8, 4) is 0 Å². The van der Waals surface area contributed by atoms with Gasteiger partial charge in [-0.3, -0.25) is 0 Å². The lowest BCUT2D eigenvalue weighted by Crippen LogP contribution is -2.15. The molecule has 0 aliphatic carbocycles. The summed E-state index contributed by atoms with van der Waals surface area (Å²) in [7, 11) is 0. The van der Waals surface area contributed by atoms with Gasteiger partial charge in [0.2, 0.25) is 0 Å². The summed E-state index contributed by atoms with van der Waals surface area (Å²) in [6, 6.07) is 15.1. The standard InChI is InChI=1S/C16H16FN/c1-3-18(15-7-5-4-6-8-15)12-14-10-9-13(2)11-16(14)17/h3-11H,1,12H2,2H3. The van der Waals surface area contributed by atoms with E-state index in [9.17, 15) is 4.39 Å². The Balaban J connectivity index is 2.23. The first-order valence-electron chi connectivity index (χ1n) is 5.90. The Morgan fingerprint density at radius 2 is 1.89 bits per heavy atom. The highest BCUT2D eigenvalue weighted by atomic mass is 19.1. The van der Waals surface area contributed by atoms with Crippen LogP contribution in [0.25, 0.3) is 0 Å². The maximum Gasteiger partial charge on any atom is 0.128 e. The maximum absolute atomic E-state index is 13.8. The average molecular weight is 241 g/mol. The van der Waals surface area contributed by atoms with E-state index in [-0.39, 0.29) is 5.82 Å². The van der Waals surface area contributed by atoms with Crippen molar-refractivity contribution >= 4 is 5.69 Å². The molecule has 0 unspecified atom stereocenters. The molecule has 0 bridgehead atoms. The zero-order valence-corrected chi connectivity index (χ0v) is 10.4. The molecule has 2 aromatic carbocycles. The lowest BCUT2D eigenvalue weighted by atomic mass is 10.1. The van der Waals surface area contributed by atoms with Crippen LogP contribution in [0.5, 0.6) is 0 Å². The largest absolute Gasteiger partial charge is 0.344 e. The van der Waals surface area contributed by atoms with Crippen LogP contribution >= 0.6 is 0 Å². The minimum Gasteiger partial charge on any atom is -0.344 e. The molecular formula is C16H16FN. The molecule has 0 saturated carbocycles. The highest BCUT2D eigenvalue weighted by molar-refractivity contribution is 5.49. The molecule has 0 saturated heterocycles. The fraction of sp³-hybridized carbons (Fsp3) is 0.125. The van der Waals surface area contributed by atoms with Gasteiger partial charge >= 0.3 is 0 Å². The molecule has 2 aromatic rings. The van der Waals surface area contributed by atoms with E-state index in [1.807, 2.05) is 54.3 Å². The molecule has 0 atom stereocenters. The Bertz CT molecular complexity index is 534. The van der Waals surface area contributed by atoms with Crippen LogP contribution in [-0.4, -0.2) is 0 Å². The van der Waals surface area contributed by atoms with E-state index >= 15 is 0 Å². The monoisotopic (exact) mass is 241 g/mol. The van der Waals surface area contributed by atoms with Gasteiger partial charge in [-0.25, -0.2) is 4.39 Å². The minimum absolute atomic E-state index is 0.169. The molecule has 92 valence electrons. The SMILES string of the molecule is C=CN(Cc1ccc(C)cc1F)c1ccccc1. The van der Waals surface area contributed by atoms with Crippen molar-refractivity contribution in [2.24, 2.45) is 0 Å². The first kappa shape index (κ1) is 12.4. The van der Waals surface area contributed by atoms with E-state index in [0.29, 0.717) is 12.1 Å². The molecule has 0 aliphatic rings. The van der Waals surface area contributed by atoms with Crippen molar-refractivity contribution in [3.05, 3.63) is 78.3 Å². The van der Waals surface area contributed by atoms with Crippen LogP contribution in [0.1, 0.15) is 11.1 Å². The van der Waals surface area contributed by atoms with Crippen LogP contribution in [0.2, 0.25) is 0 Å². The second-order valence-electron chi connectivity index (χ2n) is 4.24. The van der Waals surface area contributed by atoms with Gasteiger partial charge in [0.05, 0.1) is 6.54 Å². The van der Waals surface area contributed by atoms with Crippen LogP contribution in [0, 0.1) is 12.7 Å². The number of hydrogen-bond donors (Lipinski definition) is 0. The van der Waals surface area contributed by atoms with Crippen LogP contribution in [-0.2, 0) is 6.54 Å². The summed E-state index contributed by atoms with van der Waals surface area (Å²) in [6.07, 6.45) is 1.72. The fourth-order valence-electron chi connectivity index (χ4n) is 1.84. The molecule has 0 fully saturated rings. The smallest absolute Gasteiger partial charge is 0.128 e. The molecule has 0 amide bonds. The second-order valence-corrected chi connectivity index (χ2v) is 4.24. The van der Waals surface area contributed by atoms with Crippen LogP contribution in [0.4, 0.5) is 10.1 Å². The van der Waals surface area contributed by atoms with Gasteiger partial charge in [0.15, 0.2) is 0 Å². The Morgan fingerprint density at radius 1 is 1.17 bits per heavy atom. The van der Waals surface area contributed by atoms with Crippen LogP contribution in [0.15, 0.2) is 61.3 Å². The van der Waals surface area contributed by atoms with Crippen molar-refractivity contribution in [3.63, 3.8) is 0 Å². The van der Waals surface area contributed by atoms with E-state index in [1.54, 1.807) is 12.3 Å². The fourth-order valence-corrected chi connectivity index (χ4v) is 1.84. The average Bonchev–Trinajstić information content (AvgIpc) is 2.39. The van der Waals surface area contributed by atoms with Gasteiger partial charge in [-0.1, -0.05) is 36.9 Å². The normalized spacial score (nSPS) is 10.1. The summed E-state index contributed by atoms with van der Waals surface area (Å²) in [5.74, 6) is -0.169. The van der Waals surface area contributed by atoms with Gasteiger partial charge < -0.3 is 4.90 Å². The summed E-state index contributed by atoms with van der Waals surface area (Å²) in [5.41, 5.74) is 2.61. The zero-order valence-electron chi connectivity index (χ0n) is 10.4. The lowest BCUT2D eigenvalue weighted by molar-refractivity contribution is 0.608. The van der Waals surface area contributed by atoms with Crippen molar-refractivity contribution in [2.75, 3.05) is 4.90 Å². The summed E-state index contributed by atoms with van der Waals surface area (Å²) in [5, 5.41) is 0. The Labute approximate surface area is 107 Å². The minimum atomic E-state index is -0.169. The van der Waals surface area contributed by atoms with E-state index in [1.165, 1.54) is 0 Å². The molecule has 0 N–H and O–H groups in total. The molecule has 1 nitrogen and oxygen atoms in total. The van der Waals surface area contributed by atoms with E-state index in [4.69, 9.17) is 0 Å². The Morgan fingerprint density at radius 3 is 2.50 bits per heavy atom. The summed E-state index contributed by atoms with van der Waals surface area (Å²) >= 11 is 0. The topological polar surface area (TPSA) is 3.24 Å². The molecule has 0 aromatic heterocycles. The number of anilines is 1. The van der Waals surface area contributed by atoms with E-state index in [2.05, 4.69) is 6.58 Å². The first-order chi connectivity index (χ1) is 8.70. The maximum atomic E-state index is 13.8. The molecule has 0 aliphatic heterocycles. The first-order valence-corrected chi connectivity index (χ1v) is 5.90. The predicted molar refractivity (Wildman–Crippen MR) is 74.0 cm³/mol. The molecule has 2 rings (SSSR count). The molecule has 0 spiro atoms. The molecule has 18 heavy (non-hydrogen) atoms. The Hall–Kier alpha value is -2.09. The third kappa shape index (κ3) is 2.77. The number of nitrogens with zero attached hydrogens (tertiary/aromatic N) is 1. The third-order valence-corrected chi connectivity index (χ3v) is 2.86. The lowest BCUT2D eigenvalue weighted by Gasteiger charge is -2.20. The quantitative estimate of drug-likeness (QED) is 0.772. The number of halogens is 1. The second kappa shape index (κ2) is 5.50. The van der Waals surface area contributed by atoms with Crippen molar-refractivity contribution in [1.82, 2.24) is 0 Å². The molecule has 0 heterocycles. The van der Waals surface area contributed by atoms with Crippen LogP contribution in [0.3, 0.4) is 0 Å². The van der Waals surface area contributed by atoms with Crippen molar-refractivity contribution in [2.45, 2.75) is 13.5 Å². The van der Waals surface area contributed by atoms with Gasteiger partial charge in [-0.05, 0) is 36.9 Å². The number of rotatable bonds is 4. The number of hydrogen-bond acceptors (Lipinski definition) is 1. The summed E-state index contributed by atoms with van der Waals surface area (Å²) in [6.45, 7) is 6.15. The molecule has 0 radical (unpaired) electrons. The Kier molecular flexibility index (Phi) is 3.78. The van der Waals surface area contributed by atoms with Gasteiger partial charge in [0.1, 0.15) is 5.82 Å². The summed E-state index contributed by atoms with van der Waals surface area (Å²) in [4.78, 5) is 1.92. The number of benzene rings is 2. The van der Waals surface area contributed by atoms with Gasteiger partial charge in [-0.2, -0.15) is 0 Å². The highest BCUT2D eigenvalue weighted by Crippen LogP contribution is 2.19. The third-order valence-electron chi connectivity index (χ3n) is 2.86. The predicted octanol–water partition coefficient (Wildman–Crippen LogP) is 4.28. The van der Waals surface area contributed by atoms with Gasteiger partial charge in [0, 0.05) is 11.3 Å². The number of para-hydroxylation sites is 1. The van der Waals surface area contributed by atoms with Gasteiger partial charge in [-0.15, -0.1) is 0 Å². The number of aryl methyl sites for hydroxylation is 1. The van der Waals surface area contributed by atoms with E-state index in [0.717, 1.165) is 11.3 Å². The molecular weight excluding hydrogens is 225 g/mol. The van der Waals surface area contributed by atoms with Crippen molar-refractivity contribution < 1.29 is 4.39 Å². The summed E-state index contributed by atoms with van der Waals surface area (Å²) < 4.78 is 13.8. The highest BCUT2D eigenvalue weighted by Gasteiger charge is 2.07. The van der Waals surface area contributed by atoms with Gasteiger partial charge in [0.25, 0.3) is 0 Å². The molecule has 2 heteroatoms. The van der Waals surface area contributed by atoms with E-state index < -0.39 is 0 Å².